The van der Waals surface area contributed by atoms with Crippen LogP contribution in [0.25, 0.3) is 88.4 Å². The second kappa shape index (κ2) is 10.7. The molecule has 0 saturated carbocycles. The standard InChI is InChI=1S/C42H26N4/c1-3-8-28(9-4-1)36-20-17-30-14-15-31-18-21-37(45-42(31)41(30)44-36)32-16-19-34-38(26-32)46-40(29-10-5-2-6-11-29)35-13-7-12-33(39(34)35)27-22-24-43-25-23-27/h1-26H. The Morgan fingerprint density at radius 2 is 1.02 bits per heavy atom. The monoisotopic (exact) mass is 586 g/mol. The van der Waals surface area contributed by atoms with Crippen LogP contribution in [0.4, 0.5) is 0 Å². The maximum Gasteiger partial charge on any atom is 0.0972 e. The highest BCUT2D eigenvalue weighted by Crippen LogP contribution is 2.39. The van der Waals surface area contributed by atoms with Gasteiger partial charge in [0.25, 0.3) is 0 Å². The van der Waals surface area contributed by atoms with Crippen molar-refractivity contribution in [2.45, 2.75) is 0 Å². The van der Waals surface area contributed by atoms with Crippen molar-refractivity contribution in [2.75, 3.05) is 0 Å². The number of fused-ring (bicyclic) bond motifs is 6. The number of pyridine rings is 4. The molecule has 9 rings (SSSR count). The molecule has 5 aromatic carbocycles. The molecular weight excluding hydrogens is 560 g/mol. The van der Waals surface area contributed by atoms with E-state index in [0.717, 1.165) is 83.0 Å². The zero-order valence-corrected chi connectivity index (χ0v) is 24.8. The molecule has 0 amide bonds. The topological polar surface area (TPSA) is 51.6 Å². The van der Waals surface area contributed by atoms with E-state index in [0.29, 0.717) is 0 Å². The Morgan fingerprint density at radius 1 is 0.391 bits per heavy atom. The Labute approximate surface area is 265 Å². The third-order valence-electron chi connectivity index (χ3n) is 8.74. The van der Waals surface area contributed by atoms with E-state index in [1.54, 1.807) is 0 Å². The Hall–Kier alpha value is -6.26. The fourth-order valence-electron chi connectivity index (χ4n) is 6.50. The first-order valence-corrected chi connectivity index (χ1v) is 15.4. The average Bonchev–Trinajstić information content (AvgIpc) is 3.14. The molecule has 4 nitrogen and oxygen atoms in total. The molecule has 0 aliphatic carbocycles. The zero-order chi connectivity index (χ0) is 30.5. The van der Waals surface area contributed by atoms with Crippen LogP contribution in [0.15, 0.2) is 158 Å². The second-order valence-corrected chi connectivity index (χ2v) is 11.5. The summed E-state index contributed by atoms with van der Waals surface area (Å²) in [7, 11) is 0. The molecule has 0 radical (unpaired) electrons. The minimum absolute atomic E-state index is 0.888. The number of benzene rings is 5. The van der Waals surface area contributed by atoms with E-state index in [1.165, 1.54) is 5.39 Å². The minimum atomic E-state index is 0.888. The number of hydrogen-bond donors (Lipinski definition) is 0. The van der Waals surface area contributed by atoms with Gasteiger partial charge in [-0.3, -0.25) is 4.98 Å². The predicted octanol–water partition coefficient (Wildman–Crippen LogP) is 10.5. The third-order valence-corrected chi connectivity index (χ3v) is 8.74. The van der Waals surface area contributed by atoms with E-state index in [4.69, 9.17) is 15.0 Å². The van der Waals surface area contributed by atoms with Crippen LogP contribution in [0.2, 0.25) is 0 Å². The number of aromatic nitrogens is 4. The first kappa shape index (κ1) is 26.2. The summed E-state index contributed by atoms with van der Waals surface area (Å²) in [4.78, 5) is 19.9. The number of nitrogens with zero attached hydrogens (tertiary/aromatic N) is 4. The van der Waals surface area contributed by atoms with Crippen LogP contribution in [-0.2, 0) is 0 Å². The van der Waals surface area contributed by atoms with Crippen LogP contribution < -0.4 is 0 Å². The van der Waals surface area contributed by atoms with Gasteiger partial charge in [-0.05, 0) is 41.5 Å². The van der Waals surface area contributed by atoms with Crippen LogP contribution in [0.5, 0.6) is 0 Å². The van der Waals surface area contributed by atoms with Gasteiger partial charge in [-0.25, -0.2) is 15.0 Å². The molecule has 0 unspecified atom stereocenters. The molecule has 9 aromatic rings. The van der Waals surface area contributed by atoms with Crippen LogP contribution in [-0.4, -0.2) is 19.9 Å². The highest BCUT2D eigenvalue weighted by atomic mass is 14.8. The molecule has 214 valence electrons. The van der Waals surface area contributed by atoms with Gasteiger partial charge >= 0.3 is 0 Å². The second-order valence-electron chi connectivity index (χ2n) is 11.5. The van der Waals surface area contributed by atoms with Crippen molar-refractivity contribution < 1.29 is 0 Å². The largest absolute Gasteiger partial charge is 0.265 e. The van der Waals surface area contributed by atoms with Crippen molar-refractivity contribution in [3.05, 3.63) is 158 Å². The summed E-state index contributed by atoms with van der Waals surface area (Å²) in [5.74, 6) is 0. The van der Waals surface area contributed by atoms with E-state index >= 15 is 0 Å². The molecule has 4 heterocycles. The van der Waals surface area contributed by atoms with Crippen molar-refractivity contribution in [2.24, 2.45) is 0 Å². The molecule has 0 atom stereocenters. The average molecular weight is 587 g/mol. The van der Waals surface area contributed by atoms with Gasteiger partial charge < -0.3 is 0 Å². The van der Waals surface area contributed by atoms with Crippen LogP contribution in [0.1, 0.15) is 0 Å². The third kappa shape index (κ3) is 4.39. The Kier molecular flexibility index (Phi) is 6.10. The summed E-state index contributed by atoms with van der Waals surface area (Å²) in [6.45, 7) is 0. The lowest BCUT2D eigenvalue weighted by molar-refractivity contribution is 1.33. The van der Waals surface area contributed by atoms with Gasteiger partial charge in [0.2, 0.25) is 0 Å². The lowest BCUT2D eigenvalue weighted by Crippen LogP contribution is -1.94. The van der Waals surface area contributed by atoms with Gasteiger partial charge in [0, 0.05) is 56.0 Å². The fourth-order valence-corrected chi connectivity index (χ4v) is 6.50. The van der Waals surface area contributed by atoms with Crippen molar-refractivity contribution in [3.8, 4) is 44.9 Å². The van der Waals surface area contributed by atoms with Crippen LogP contribution >= 0.6 is 0 Å². The van der Waals surface area contributed by atoms with Crippen LogP contribution in [0.3, 0.4) is 0 Å². The van der Waals surface area contributed by atoms with Gasteiger partial charge in [-0.2, -0.15) is 0 Å². The molecule has 0 aliphatic heterocycles. The van der Waals surface area contributed by atoms with E-state index in [9.17, 15) is 0 Å². The van der Waals surface area contributed by atoms with Crippen molar-refractivity contribution in [3.63, 3.8) is 0 Å². The molecule has 0 saturated heterocycles. The summed E-state index contributed by atoms with van der Waals surface area (Å²) < 4.78 is 0. The molecule has 46 heavy (non-hydrogen) atoms. The maximum atomic E-state index is 5.30. The molecule has 0 spiro atoms. The molecule has 0 fully saturated rings. The smallest absolute Gasteiger partial charge is 0.0972 e. The zero-order valence-electron chi connectivity index (χ0n) is 24.8. The first-order valence-electron chi connectivity index (χ1n) is 15.4. The lowest BCUT2D eigenvalue weighted by atomic mass is 9.92. The molecule has 4 heteroatoms. The normalized spacial score (nSPS) is 11.5. The fraction of sp³-hybridized carbons (Fsp3) is 0. The lowest BCUT2D eigenvalue weighted by Gasteiger charge is -2.15. The van der Waals surface area contributed by atoms with Crippen molar-refractivity contribution in [1.29, 1.82) is 0 Å². The quantitative estimate of drug-likeness (QED) is 0.193. The summed E-state index contributed by atoms with van der Waals surface area (Å²) in [5, 5.41) is 5.54. The van der Waals surface area contributed by atoms with Crippen molar-refractivity contribution in [1.82, 2.24) is 19.9 Å². The SMILES string of the molecule is c1ccc(-c2ccc3ccc4ccc(-c5ccc6c(c5)nc(-c5ccccc5)c5cccc(-c7ccncc7)c56)nc4c3n2)cc1. The molecular formula is C42H26N4. The van der Waals surface area contributed by atoms with Gasteiger partial charge in [0.1, 0.15) is 0 Å². The van der Waals surface area contributed by atoms with E-state index < -0.39 is 0 Å². The predicted molar refractivity (Wildman–Crippen MR) is 189 cm³/mol. The van der Waals surface area contributed by atoms with E-state index in [-0.39, 0.29) is 0 Å². The molecule has 0 bridgehead atoms. The summed E-state index contributed by atoms with van der Waals surface area (Å²) in [5.41, 5.74) is 11.0. The summed E-state index contributed by atoms with van der Waals surface area (Å²) >= 11 is 0. The van der Waals surface area contributed by atoms with Gasteiger partial charge in [-0.1, -0.05) is 115 Å². The van der Waals surface area contributed by atoms with E-state index in [2.05, 4.69) is 126 Å². The van der Waals surface area contributed by atoms with Crippen molar-refractivity contribution >= 4 is 43.5 Å². The summed E-state index contributed by atoms with van der Waals surface area (Å²) in [6.07, 6.45) is 3.70. The number of rotatable bonds is 4. The number of hydrogen-bond acceptors (Lipinski definition) is 4. The Balaban J connectivity index is 1.27. The maximum absolute atomic E-state index is 5.30. The van der Waals surface area contributed by atoms with Crippen LogP contribution in [0, 0.1) is 0 Å². The Bertz CT molecular complexity index is 2560. The Morgan fingerprint density at radius 3 is 1.72 bits per heavy atom. The minimum Gasteiger partial charge on any atom is -0.265 e. The van der Waals surface area contributed by atoms with Gasteiger partial charge in [0.15, 0.2) is 0 Å². The summed E-state index contributed by atoms with van der Waals surface area (Å²) in [6, 6.07) is 50.6. The van der Waals surface area contributed by atoms with Gasteiger partial charge in [0.05, 0.1) is 33.6 Å². The highest BCUT2D eigenvalue weighted by Gasteiger charge is 2.16. The molecule has 4 aromatic heterocycles. The molecule has 0 aliphatic rings. The first-order chi connectivity index (χ1) is 22.8. The van der Waals surface area contributed by atoms with E-state index in [1.807, 2.05) is 36.7 Å². The molecule has 0 N–H and O–H groups in total. The highest BCUT2D eigenvalue weighted by molar-refractivity contribution is 6.17. The van der Waals surface area contributed by atoms with Gasteiger partial charge in [-0.15, -0.1) is 0 Å².